The van der Waals surface area contributed by atoms with Crippen LogP contribution in [-0.2, 0) is 16.0 Å². The molecule has 0 unspecified atom stereocenters. The van der Waals surface area contributed by atoms with Crippen molar-refractivity contribution in [3.8, 4) is 5.75 Å². The minimum Gasteiger partial charge on any atom is -0.497 e. The maximum Gasteiger partial charge on any atom is 0.282 e. The van der Waals surface area contributed by atoms with E-state index in [2.05, 4.69) is 6.07 Å². The van der Waals surface area contributed by atoms with E-state index < -0.39 is 0 Å². The molecule has 0 atom stereocenters. The van der Waals surface area contributed by atoms with Crippen LogP contribution in [0.4, 0.5) is 11.4 Å². The lowest BCUT2D eigenvalue weighted by atomic mass is 9.98. The third-order valence-electron chi connectivity index (χ3n) is 6.11. The summed E-state index contributed by atoms with van der Waals surface area (Å²) in [6, 6.07) is 22.9. The molecule has 3 aromatic rings. The Kier molecular flexibility index (Phi) is 5.02. The van der Waals surface area contributed by atoms with Gasteiger partial charge in [0.2, 0.25) is 0 Å². The van der Waals surface area contributed by atoms with E-state index in [0.717, 1.165) is 29.7 Å². The number of carbonyl (C=O) groups excluding carboxylic acids is 2. The molecule has 3 aromatic carbocycles. The Morgan fingerprint density at radius 1 is 0.844 bits per heavy atom. The standard InChI is InChI=1S/C27H24N2O3/c1-18-9-11-20(12-10-18)24-25(28-17-5-7-19-6-3-4-8-23(19)28)27(31)29(26(24)30)21-13-15-22(32-2)16-14-21/h3-4,6,8-16H,5,7,17H2,1-2H3. The molecule has 0 radical (unpaired) electrons. The van der Waals surface area contributed by atoms with Crippen LogP contribution in [0.1, 0.15) is 23.1 Å². The van der Waals surface area contributed by atoms with Crippen LogP contribution >= 0.6 is 0 Å². The number of nitrogens with zero attached hydrogens (tertiary/aromatic N) is 2. The van der Waals surface area contributed by atoms with Crippen molar-refractivity contribution >= 4 is 28.8 Å². The molecule has 5 heteroatoms. The Morgan fingerprint density at radius 3 is 2.28 bits per heavy atom. The normalized spacial score (nSPS) is 15.9. The van der Waals surface area contributed by atoms with Crippen molar-refractivity contribution < 1.29 is 14.3 Å². The van der Waals surface area contributed by atoms with Gasteiger partial charge >= 0.3 is 0 Å². The zero-order valence-electron chi connectivity index (χ0n) is 18.2. The van der Waals surface area contributed by atoms with Crippen molar-refractivity contribution in [2.24, 2.45) is 0 Å². The van der Waals surface area contributed by atoms with Gasteiger partial charge in [0, 0.05) is 12.2 Å². The molecule has 2 aliphatic heterocycles. The van der Waals surface area contributed by atoms with Gasteiger partial charge in [0.15, 0.2) is 0 Å². The van der Waals surface area contributed by atoms with Crippen molar-refractivity contribution in [2.45, 2.75) is 19.8 Å². The second-order valence-corrected chi connectivity index (χ2v) is 8.12. The van der Waals surface area contributed by atoms with Crippen molar-refractivity contribution in [1.29, 1.82) is 0 Å². The summed E-state index contributed by atoms with van der Waals surface area (Å²) < 4.78 is 5.24. The smallest absolute Gasteiger partial charge is 0.282 e. The van der Waals surface area contributed by atoms with Gasteiger partial charge in [0.05, 0.1) is 18.4 Å². The van der Waals surface area contributed by atoms with Gasteiger partial charge in [-0.3, -0.25) is 9.59 Å². The van der Waals surface area contributed by atoms with Gasteiger partial charge in [0.25, 0.3) is 11.8 Å². The third kappa shape index (κ3) is 3.26. The Hall–Kier alpha value is -3.86. The van der Waals surface area contributed by atoms with Crippen LogP contribution in [0, 0.1) is 6.92 Å². The molecule has 5 nitrogen and oxygen atoms in total. The fraction of sp³-hybridized carbons (Fsp3) is 0.185. The van der Waals surface area contributed by atoms with Crippen LogP contribution in [0.15, 0.2) is 78.5 Å². The Morgan fingerprint density at radius 2 is 1.56 bits per heavy atom. The Balaban J connectivity index is 1.67. The molecule has 0 saturated carbocycles. The van der Waals surface area contributed by atoms with Crippen LogP contribution in [0.25, 0.3) is 5.57 Å². The maximum absolute atomic E-state index is 13.8. The second kappa shape index (κ2) is 8.00. The molecule has 160 valence electrons. The maximum atomic E-state index is 13.8. The van der Waals surface area contributed by atoms with E-state index in [0.29, 0.717) is 29.3 Å². The number of para-hydroxylation sites is 1. The summed E-state index contributed by atoms with van der Waals surface area (Å²) in [6.45, 7) is 2.70. The summed E-state index contributed by atoms with van der Waals surface area (Å²) in [4.78, 5) is 30.8. The Labute approximate surface area is 187 Å². The highest BCUT2D eigenvalue weighted by atomic mass is 16.5. The number of aryl methyl sites for hydroxylation is 2. The fourth-order valence-corrected chi connectivity index (χ4v) is 4.48. The summed E-state index contributed by atoms with van der Waals surface area (Å²) in [7, 11) is 1.59. The van der Waals surface area contributed by atoms with Gasteiger partial charge in [-0.05, 0) is 61.2 Å². The van der Waals surface area contributed by atoms with E-state index in [1.807, 2.05) is 54.3 Å². The molecule has 2 heterocycles. The number of methoxy groups -OCH3 is 1. The van der Waals surface area contributed by atoms with Crippen LogP contribution in [0.3, 0.4) is 0 Å². The van der Waals surface area contributed by atoms with E-state index in [1.165, 1.54) is 10.5 Å². The van der Waals surface area contributed by atoms with Crippen LogP contribution in [-0.4, -0.2) is 25.5 Å². The SMILES string of the molecule is COc1ccc(N2C(=O)C(c3ccc(C)cc3)=C(N3CCCc4ccccc43)C2=O)cc1. The van der Waals surface area contributed by atoms with Crippen molar-refractivity contribution in [1.82, 2.24) is 0 Å². The van der Waals surface area contributed by atoms with Crippen molar-refractivity contribution in [3.63, 3.8) is 0 Å². The van der Waals surface area contributed by atoms with Crippen LogP contribution in [0.2, 0.25) is 0 Å². The molecular weight excluding hydrogens is 400 g/mol. The zero-order valence-corrected chi connectivity index (χ0v) is 18.2. The average molecular weight is 425 g/mol. The molecule has 0 N–H and O–H groups in total. The Bertz CT molecular complexity index is 1230. The predicted octanol–water partition coefficient (Wildman–Crippen LogP) is 4.74. The molecule has 2 amide bonds. The quantitative estimate of drug-likeness (QED) is 0.568. The second-order valence-electron chi connectivity index (χ2n) is 8.12. The van der Waals surface area contributed by atoms with Gasteiger partial charge in [-0.25, -0.2) is 4.90 Å². The average Bonchev–Trinajstić information content (AvgIpc) is 3.09. The van der Waals surface area contributed by atoms with Gasteiger partial charge < -0.3 is 9.64 Å². The van der Waals surface area contributed by atoms with Crippen molar-refractivity contribution in [2.75, 3.05) is 23.5 Å². The van der Waals surface area contributed by atoms with E-state index in [-0.39, 0.29) is 11.8 Å². The first-order chi connectivity index (χ1) is 15.6. The number of rotatable bonds is 4. The number of hydrogen-bond acceptors (Lipinski definition) is 4. The molecular formula is C27H24N2O3. The van der Waals surface area contributed by atoms with E-state index in [1.54, 1.807) is 31.4 Å². The highest BCUT2D eigenvalue weighted by Gasteiger charge is 2.43. The predicted molar refractivity (Wildman–Crippen MR) is 126 cm³/mol. The number of benzene rings is 3. The summed E-state index contributed by atoms with van der Waals surface area (Å²) in [5.74, 6) is 0.0688. The van der Waals surface area contributed by atoms with E-state index >= 15 is 0 Å². The lowest BCUT2D eigenvalue weighted by Gasteiger charge is -2.32. The number of hydrogen-bond donors (Lipinski definition) is 0. The molecule has 0 bridgehead atoms. The molecule has 32 heavy (non-hydrogen) atoms. The highest BCUT2D eigenvalue weighted by Crippen LogP contribution is 2.39. The zero-order chi connectivity index (χ0) is 22.2. The number of anilines is 2. The van der Waals surface area contributed by atoms with E-state index in [4.69, 9.17) is 4.74 Å². The first kappa shape index (κ1) is 20.1. The molecule has 0 aromatic heterocycles. The minimum atomic E-state index is -0.304. The first-order valence-corrected chi connectivity index (χ1v) is 10.8. The van der Waals surface area contributed by atoms with Crippen LogP contribution < -0.4 is 14.5 Å². The molecule has 2 aliphatic rings. The summed E-state index contributed by atoms with van der Waals surface area (Å²) in [6.07, 6.45) is 1.88. The topological polar surface area (TPSA) is 49.9 Å². The summed E-state index contributed by atoms with van der Waals surface area (Å²) in [5, 5.41) is 0. The fourth-order valence-electron chi connectivity index (χ4n) is 4.48. The van der Waals surface area contributed by atoms with E-state index in [9.17, 15) is 9.59 Å². The summed E-state index contributed by atoms with van der Waals surface area (Å²) >= 11 is 0. The van der Waals surface area contributed by atoms with Gasteiger partial charge in [-0.15, -0.1) is 0 Å². The lowest BCUT2D eigenvalue weighted by molar-refractivity contribution is -0.120. The van der Waals surface area contributed by atoms with Crippen LogP contribution in [0.5, 0.6) is 5.75 Å². The molecule has 0 aliphatic carbocycles. The monoisotopic (exact) mass is 424 g/mol. The molecule has 5 rings (SSSR count). The largest absolute Gasteiger partial charge is 0.497 e. The molecule has 0 spiro atoms. The molecule has 0 fully saturated rings. The third-order valence-corrected chi connectivity index (χ3v) is 6.11. The van der Waals surface area contributed by atoms with Crippen molar-refractivity contribution in [3.05, 3.63) is 95.2 Å². The number of fused-ring (bicyclic) bond motifs is 1. The number of ether oxygens (including phenoxy) is 1. The van der Waals surface area contributed by atoms with Gasteiger partial charge in [0.1, 0.15) is 11.4 Å². The first-order valence-electron chi connectivity index (χ1n) is 10.8. The number of imide groups is 1. The van der Waals surface area contributed by atoms with Gasteiger partial charge in [-0.1, -0.05) is 48.0 Å². The highest BCUT2D eigenvalue weighted by molar-refractivity contribution is 6.46. The lowest BCUT2D eigenvalue weighted by Crippen LogP contribution is -2.37. The molecule has 0 saturated heterocycles. The minimum absolute atomic E-state index is 0.299. The number of carbonyl (C=O) groups is 2. The summed E-state index contributed by atoms with van der Waals surface area (Å²) in [5.41, 5.74) is 5.47. The van der Waals surface area contributed by atoms with Gasteiger partial charge in [-0.2, -0.15) is 0 Å². The number of amides is 2.